The van der Waals surface area contributed by atoms with Crippen LogP contribution in [0.15, 0.2) is 24.4 Å². The van der Waals surface area contributed by atoms with Crippen LogP contribution < -0.4 is 15.5 Å². The minimum atomic E-state index is -4.41. The standard InChI is InChI=1S/C19H23F3N6/c20-19(21,22)14-5-7-24-16(10-14)26-17-11-15(13-4-6-23-12-13)25-18(27-17)28-8-2-1-3-9-28/h5,7,10-11,13,23H,1-4,6,8-9,12H2,(H,24,25,26,27). The molecule has 6 nitrogen and oxygen atoms in total. The first kappa shape index (κ1) is 18.9. The monoisotopic (exact) mass is 392 g/mol. The molecule has 2 N–H and O–H groups in total. The quantitative estimate of drug-likeness (QED) is 0.827. The van der Waals surface area contributed by atoms with Crippen LogP contribution in [0.25, 0.3) is 0 Å². The molecule has 150 valence electrons. The summed E-state index contributed by atoms with van der Waals surface area (Å²) in [7, 11) is 0. The summed E-state index contributed by atoms with van der Waals surface area (Å²) >= 11 is 0. The summed E-state index contributed by atoms with van der Waals surface area (Å²) in [6.45, 7) is 3.57. The topological polar surface area (TPSA) is 66.0 Å². The molecule has 28 heavy (non-hydrogen) atoms. The predicted molar refractivity (Wildman–Crippen MR) is 101 cm³/mol. The number of hydrogen-bond acceptors (Lipinski definition) is 6. The Bertz CT molecular complexity index is 814. The molecule has 0 radical (unpaired) electrons. The fourth-order valence-electron chi connectivity index (χ4n) is 3.67. The molecule has 0 aliphatic carbocycles. The lowest BCUT2D eigenvalue weighted by Gasteiger charge is -2.27. The number of rotatable bonds is 4. The highest BCUT2D eigenvalue weighted by molar-refractivity contribution is 5.55. The van der Waals surface area contributed by atoms with Gasteiger partial charge in [0, 0.05) is 37.8 Å². The number of piperidine rings is 1. The lowest BCUT2D eigenvalue weighted by atomic mass is 10.0. The summed E-state index contributed by atoms with van der Waals surface area (Å²) in [6, 6.07) is 3.78. The largest absolute Gasteiger partial charge is 0.416 e. The zero-order chi connectivity index (χ0) is 19.6. The highest BCUT2D eigenvalue weighted by Crippen LogP contribution is 2.31. The maximum Gasteiger partial charge on any atom is 0.416 e. The number of hydrogen-bond donors (Lipinski definition) is 2. The fraction of sp³-hybridized carbons (Fsp3) is 0.526. The van der Waals surface area contributed by atoms with Crippen molar-refractivity contribution in [2.24, 2.45) is 0 Å². The van der Waals surface area contributed by atoms with E-state index in [9.17, 15) is 13.2 Å². The van der Waals surface area contributed by atoms with Crippen molar-refractivity contribution in [1.29, 1.82) is 0 Å². The van der Waals surface area contributed by atoms with E-state index < -0.39 is 11.7 Å². The zero-order valence-corrected chi connectivity index (χ0v) is 15.5. The van der Waals surface area contributed by atoms with Crippen molar-refractivity contribution in [1.82, 2.24) is 20.3 Å². The molecule has 4 rings (SSSR count). The summed E-state index contributed by atoms with van der Waals surface area (Å²) in [5, 5.41) is 6.28. The number of halogens is 3. The molecular formula is C19H23F3N6. The molecule has 9 heteroatoms. The molecule has 1 atom stereocenters. The number of nitrogens with one attached hydrogen (secondary N) is 2. The van der Waals surface area contributed by atoms with Gasteiger partial charge in [-0.2, -0.15) is 18.2 Å². The van der Waals surface area contributed by atoms with E-state index in [0.29, 0.717) is 11.8 Å². The van der Waals surface area contributed by atoms with Crippen LogP contribution in [0.5, 0.6) is 0 Å². The smallest absolute Gasteiger partial charge is 0.341 e. The number of aromatic nitrogens is 3. The molecule has 0 bridgehead atoms. The minimum absolute atomic E-state index is 0.119. The molecular weight excluding hydrogens is 369 g/mol. The maximum atomic E-state index is 13.0. The van der Waals surface area contributed by atoms with Crippen molar-refractivity contribution in [2.75, 3.05) is 36.4 Å². The van der Waals surface area contributed by atoms with Gasteiger partial charge in [-0.25, -0.2) is 9.97 Å². The Hall–Kier alpha value is -2.42. The van der Waals surface area contributed by atoms with Crippen LogP contribution >= 0.6 is 0 Å². The second-order valence-electron chi connectivity index (χ2n) is 7.27. The molecule has 0 aromatic carbocycles. The van der Waals surface area contributed by atoms with Crippen LogP contribution in [-0.2, 0) is 6.18 Å². The van der Waals surface area contributed by atoms with Gasteiger partial charge in [0.15, 0.2) is 0 Å². The van der Waals surface area contributed by atoms with Crippen LogP contribution in [0.3, 0.4) is 0 Å². The summed E-state index contributed by atoms with van der Waals surface area (Å²) < 4.78 is 39.0. The molecule has 4 heterocycles. The molecule has 1 unspecified atom stereocenters. The second-order valence-corrected chi connectivity index (χ2v) is 7.27. The van der Waals surface area contributed by atoms with E-state index in [1.807, 2.05) is 6.07 Å². The van der Waals surface area contributed by atoms with Crippen LogP contribution in [0, 0.1) is 0 Å². The first-order chi connectivity index (χ1) is 13.5. The third-order valence-corrected chi connectivity index (χ3v) is 5.20. The molecule has 2 aromatic rings. The van der Waals surface area contributed by atoms with Gasteiger partial charge < -0.3 is 15.5 Å². The molecule has 0 saturated carbocycles. The number of nitrogens with zero attached hydrogens (tertiary/aromatic N) is 4. The lowest BCUT2D eigenvalue weighted by Crippen LogP contribution is -2.31. The van der Waals surface area contributed by atoms with Crippen molar-refractivity contribution in [3.63, 3.8) is 0 Å². The Morgan fingerprint density at radius 2 is 1.89 bits per heavy atom. The summed E-state index contributed by atoms with van der Waals surface area (Å²) in [6.07, 6.45) is 1.11. The van der Waals surface area contributed by atoms with Crippen LogP contribution in [0.1, 0.15) is 42.9 Å². The summed E-state index contributed by atoms with van der Waals surface area (Å²) in [5.41, 5.74) is 0.172. The Kier molecular flexibility index (Phi) is 5.34. The summed E-state index contributed by atoms with van der Waals surface area (Å²) in [5.74, 6) is 1.51. The highest BCUT2D eigenvalue weighted by atomic mass is 19.4. The van der Waals surface area contributed by atoms with Gasteiger partial charge >= 0.3 is 6.18 Å². The Labute approximate surface area is 161 Å². The molecule has 2 fully saturated rings. The van der Waals surface area contributed by atoms with Crippen molar-refractivity contribution in [2.45, 2.75) is 37.8 Å². The van der Waals surface area contributed by atoms with E-state index in [-0.39, 0.29) is 11.7 Å². The van der Waals surface area contributed by atoms with E-state index in [4.69, 9.17) is 4.98 Å². The third kappa shape index (κ3) is 4.35. The van der Waals surface area contributed by atoms with E-state index in [0.717, 1.165) is 69.5 Å². The van der Waals surface area contributed by atoms with Gasteiger partial charge in [0.1, 0.15) is 11.6 Å². The highest BCUT2D eigenvalue weighted by Gasteiger charge is 2.31. The Balaban J connectivity index is 1.64. The van der Waals surface area contributed by atoms with Crippen molar-refractivity contribution in [3.05, 3.63) is 35.7 Å². The average Bonchev–Trinajstić information content (AvgIpc) is 3.23. The number of alkyl halides is 3. The normalized spacial score (nSPS) is 20.4. The predicted octanol–water partition coefficient (Wildman–Crippen LogP) is 3.70. The maximum absolute atomic E-state index is 13.0. The van der Waals surface area contributed by atoms with Gasteiger partial charge in [-0.3, -0.25) is 0 Å². The second kappa shape index (κ2) is 7.90. The zero-order valence-electron chi connectivity index (χ0n) is 15.5. The van der Waals surface area contributed by atoms with Crippen LogP contribution in [0.4, 0.5) is 30.8 Å². The molecule has 2 aromatic heterocycles. The van der Waals surface area contributed by atoms with E-state index in [1.165, 1.54) is 6.42 Å². The first-order valence-electron chi connectivity index (χ1n) is 9.64. The third-order valence-electron chi connectivity index (χ3n) is 5.20. The molecule has 0 amide bonds. The van der Waals surface area contributed by atoms with Crippen molar-refractivity contribution < 1.29 is 13.2 Å². The minimum Gasteiger partial charge on any atom is -0.341 e. The van der Waals surface area contributed by atoms with Crippen molar-refractivity contribution in [3.8, 4) is 0 Å². The first-order valence-corrected chi connectivity index (χ1v) is 9.64. The van der Waals surface area contributed by atoms with Crippen molar-refractivity contribution >= 4 is 17.6 Å². The SMILES string of the molecule is FC(F)(F)c1ccnc(Nc2cc(C3CCNC3)nc(N3CCCCC3)n2)c1. The average molecular weight is 392 g/mol. The van der Waals surface area contributed by atoms with Gasteiger partial charge in [-0.1, -0.05) is 0 Å². The van der Waals surface area contributed by atoms with Crippen LogP contribution in [0.2, 0.25) is 0 Å². The van der Waals surface area contributed by atoms with Crippen LogP contribution in [-0.4, -0.2) is 41.1 Å². The van der Waals surface area contributed by atoms with E-state index in [2.05, 4.69) is 25.5 Å². The van der Waals surface area contributed by atoms with E-state index in [1.54, 1.807) is 0 Å². The number of anilines is 3. The summed E-state index contributed by atoms with van der Waals surface area (Å²) in [4.78, 5) is 15.5. The number of pyridine rings is 1. The lowest BCUT2D eigenvalue weighted by molar-refractivity contribution is -0.137. The molecule has 2 saturated heterocycles. The van der Waals surface area contributed by atoms with Gasteiger partial charge in [0.05, 0.1) is 11.3 Å². The molecule has 2 aliphatic heterocycles. The van der Waals surface area contributed by atoms with Gasteiger partial charge in [0.2, 0.25) is 5.95 Å². The molecule has 2 aliphatic rings. The fourth-order valence-corrected chi connectivity index (χ4v) is 3.67. The van der Waals surface area contributed by atoms with Gasteiger partial charge in [-0.05, 0) is 44.4 Å². The molecule has 0 spiro atoms. The Morgan fingerprint density at radius 1 is 1.07 bits per heavy atom. The van der Waals surface area contributed by atoms with E-state index >= 15 is 0 Å². The Morgan fingerprint density at radius 3 is 2.61 bits per heavy atom. The van der Waals surface area contributed by atoms with Gasteiger partial charge in [-0.15, -0.1) is 0 Å². The van der Waals surface area contributed by atoms with Gasteiger partial charge in [0.25, 0.3) is 0 Å².